The van der Waals surface area contributed by atoms with Gasteiger partial charge < -0.3 is 95.8 Å². The standard InChI is InChI=1S/C59H87N15O16/c1-6-30(3)46(56(87)73-48(32(5)76)58(89)90)71-51(82)38(19-13-23-64-59(62)63)66-50(81)39(21-22-45(78)79)67-52(83)40(25-33-15-9-8-10-16-33)68-54(85)42(27-44(61)77)69-53(84)41(26-34-28-65-37-18-12-11-17-35(34)37)70-55(86)43-20-14-24-74(43)57(88)47(31(4)7-2)72-49(80)36(60)29-75/h8-12,15-18,28,30-32,36,38-43,46-48,65,75-76H,6-7,13-14,19-27,29,60H2,1-5H3,(H2,61,77)(H,66,81)(H,67,83)(H,68,85)(H,69,84)(H,70,86)(H,71,82)(H,72,80)(H,73,87)(H,78,79)(H,89,90)(H4,62,63,64)/t30-,31-,32+,36-,38-,39-,40-,41-,42-,43-,46-,47-,48-/m0/s1. The van der Waals surface area contributed by atoms with Crippen molar-refractivity contribution in [1.29, 1.82) is 0 Å². The number of aliphatic carboxylic acids is 2. The molecule has 3 aromatic rings. The van der Waals surface area contributed by atoms with Gasteiger partial charge in [0.25, 0.3) is 0 Å². The summed E-state index contributed by atoms with van der Waals surface area (Å²) in [5.41, 5.74) is 24.1. The van der Waals surface area contributed by atoms with Crippen LogP contribution in [-0.2, 0) is 70.4 Å². The van der Waals surface area contributed by atoms with Crippen LogP contribution in [0.3, 0.4) is 0 Å². The number of hydrogen-bond acceptors (Lipinski definition) is 16. The second kappa shape index (κ2) is 35.7. The van der Waals surface area contributed by atoms with Gasteiger partial charge in [-0.25, -0.2) is 4.79 Å². The monoisotopic (exact) mass is 1260 g/mol. The molecule has 2 heterocycles. The molecule has 31 nitrogen and oxygen atoms in total. The highest BCUT2D eigenvalue weighted by Gasteiger charge is 2.42. The lowest BCUT2D eigenvalue weighted by Crippen LogP contribution is -2.61. The molecule has 494 valence electrons. The number of hydrogen-bond donors (Lipinski definition) is 17. The Kier molecular flexibility index (Phi) is 29.0. The van der Waals surface area contributed by atoms with E-state index in [9.17, 15) is 78.0 Å². The molecule has 0 spiro atoms. The Morgan fingerprint density at radius 3 is 1.77 bits per heavy atom. The number of aliphatic imine (C=N–C) groups is 1. The fraction of sp³-hybridized carbons (Fsp3) is 0.542. The van der Waals surface area contributed by atoms with Crippen molar-refractivity contribution in [3.63, 3.8) is 0 Å². The van der Waals surface area contributed by atoms with E-state index in [2.05, 4.69) is 52.5 Å². The molecule has 0 bridgehead atoms. The Morgan fingerprint density at radius 1 is 0.644 bits per heavy atom. The van der Waals surface area contributed by atoms with Crippen LogP contribution >= 0.6 is 0 Å². The predicted octanol–water partition coefficient (Wildman–Crippen LogP) is -3.51. The normalized spacial score (nSPS) is 16.9. The van der Waals surface area contributed by atoms with Crippen LogP contribution in [0, 0.1) is 11.8 Å². The van der Waals surface area contributed by atoms with E-state index >= 15 is 0 Å². The number of amides is 10. The van der Waals surface area contributed by atoms with Crippen LogP contribution in [0.5, 0.6) is 0 Å². The number of carboxylic acid groups (broad SMARTS) is 2. The number of fused-ring (bicyclic) bond motifs is 1. The number of carboxylic acids is 2. The van der Waals surface area contributed by atoms with Gasteiger partial charge >= 0.3 is 11.9 Å². The summed E-state index contributed by atoms with van der Waals surface area (Å²) in [6.45, 7) is 7.26. The molecule has 21 N–H and O–H groups in total. The number of primary amides is 1. The number of carbonyl (C=O) groups excluding carboxylic acids is 10. The average molecular weight is 1260 g/mol. The molecule has 10 amide bonds. The van der Waals surface area contributed by atoms with Crippen molar-refractivity contribution in [3.05, 3.63) is 71.9 Å². The van der Waals surface area contributed by atoms with Gasteiger partial charge in [0, 0.05) is 49.5 Å². The fourth-order valence-electron chi connectivity index (χ4n) is 9.96. The van der Waals surface area contributed by atoms with Gasteiger partial charge in [-0.2, -0.15) is 0 Å². The lowest BCUT2D eigenvalue weighted by Gasteiger charge is -2.32. The first-order chi connectivity index (χ1) is 42.6. The van der Waals surface area contributed by atoms with E-state index in [1.165, 1.54) is 4.90 Å². The van der Waals surface area contributed by atoms with E-state index in [-0.39, 0.29) is 57.6 Å². The first kappa shape index (κ1) is 73.2. The number of nitrogens with zero attached hydrogens (tertiary/aromatic N) is 2. The molecule has 0 unspecified atom stereocenters. The van der Waals surface area contributed by atoms with Crippen molar-refractivity contribution >= 4 is 87.9 Å². The third-order valence-electron chi connectivity index (χ3n) is 15.5. The summed E-state index contributed by atoms with van der Waals surface area (Å²) in [7, 11) is 0. The molecule has 2 aromatic carbocycles. The number of nitrogens with two attached hydrogens (primary N) is 4. The molecule has 90 heavy (non-hydrogen) atoms. The zero-order valence-electron chi connectivity index (χ0n) is 51.1. The second-order valence-electron chi connectivity index (χ2n) is 22.4. The number of para-hydroxylation sites is 1. The molecule has 1 saturated heterocycles. The molecule has 1 aromatic heterocycles. The van der Waals surface area contributed by atoms with Crippen molar-refractivity contribution in [1.82, 2.24) is 52.4 Å². The van der Waals surface area contributed by atoms with Crippen molar-refractivity contribution in [2.45, 2.75) is 172 Å². The van der Waals surface area contributed by atoms with Gasteiger partial charge in [0.2, 0.25) is 59.1 Å². The summed E-state index contributed by atoms with van der Waals surface area (Å²) in [5, 5.41) is 59.8. The van der Waals surface area contributed by atoms with Crippen molar-refractivity contribution in [3.8, 4) is 0 Å². The Labute approximate surface area is 519 Å². The Hall–Kier alpha value is -9.23. The number of aromatic amines is 1. The summed E-state index contributed by atoms with van der Waals surface area (Å²) in [6, 6.07) is -0.0431. The number of likely N-dealkylation sites (tertiary alicyclic amines) is 1. The number of carbonyl (C=O) groups is 12. The van der Waals surface area contributed by atoms with Gasteiger partial charge in [-0.3, -0.25) is 57.7 Å². The Bertz CT molecular complexity index is 3030. The smallest absolute Gasteiger partial charge is 0.328 e. The number of aromatic nitrogens is 1. The molecule has 0 saturated carbocycles. The van der Waals surface area contributed by atoms with Crippen LogP contribution in [0.15, 0.2) is 65.8 Å². The third kappa shape index (κ3) is 22.1. The van der Waals surface area contributed by atoms with Crippen LogP contribution in [0.2, 0.25) is 0 Å². The third-order valence-corrected chi connectivity index (χ3v) is 15.5. The van der Waals surface area contributed by atoms with Gasteiger partial charge in [-0.15, -0.1) is 0 Å². The molecule has 4 rings (SSSR count). The van der Waals surface area contributed by atoms with E-state index in [0.717, 1.165) is 6.92 Å². The Morgan fingerprint density at radius 2 is 1.18 bits per heavy atom. The van der Waals surface area contributed by atoms with Crippen LogP contribution < -0.4 is 65.5 Å². The van der Waals surface area contributed by atoms with Gasteiger partial charge in [0.05, 0.1) is 19.1 Å². The zero-order chi connectivity index (χ0) is 66.9. The maximum Gasteiger partial charge on any atom is 0.328 e. The molecular formula is C59H87N15O16. The molecule has 0 radical (unpaired) electrons. The van der Waals surface area contributed by atoms with E-state index in [0.29, 0.717) is 34.9 Å². The molecular weight excluding hydrogens is 1170 g/mol. The Balaban J connectivity index is 1.69. The van der Waals surface area contributed by atoms with E-state index in [4.69, 9.17) is 22.9 Å². The maximum atomic E-state index is 14.8. The van der Waals surface area contributed by atoms with Crippen LogP contribution in [-0.4, -0.2) is 193 Å². The molecule has 1 aliphatic rings. The number of rotatable bonds is 37. The van der Waals surface area contributed by atoms with Gasteiger partial charge in [-0.05, 0) is 68.1 Å². The van der Waals surface area contributed by atoms with Crippen LogP contribution in [0.4, 0.5) is 0 Å². The summed E-state index contributed by atoms with van der Waals surface area (Å²) in [6.07, 6.45) is -1.66. The van der Waals surface area contributed by atoms with E-state index in [1.54, 1.807) is 88.5 Å². The maximum absolute atomic E-state index is 14.8. The number of aliphatic hydroxyl groups excluding tert-OH is 2. The first-order valence-electron chi connectivity index (χ1n) is 29.8. The SMILES string of the molecule is CC[C@H](C)[C@H](NC(=O)[C@H](CCCN=C(N)N)NC(=O)[C@H](CCC(=O)O)NC(=O)[C@H](Cc1ccccc1)NC(=O)[C@H](CC(N)=O)NC(=O)[C@H](Cc1c[nH]c2ccccc12)NC(=O)[C@@H]1CCCN1C(=O)[C@@H](NC(=O)[C@@H](N)CO)[C@@H](C)CC)C(=O)N[C@H](C(=O)O)[C@@H](C)O. The summed E-state index contributed by atoms with van der Waals surface area (Å²) < 4.78 is 0. The minimum atomic E-state index is -1.86. The summed E-state index contributed by atoms with van der Waals surface area (Å²) in [4.78, 5) is 173. The largest absolute Gasteiger partial charge is 0.481 e. The van der Waals surface area contributed by atoms with Crippen LogP contribution in [0.1, 0.15) is 104 Å². The van der Waals surface area contributed by atoms with Gasteiger partial charge in [0.1, 0.15) is 54.4 Å². The number of H-pyrrole nitrogens is 1. The number of benzene rings is 2. The zero-order valence-corrected chi connectivity index (χ0v) is 51.1. The minimum Gasteiger partial charge on any atom is -0.481 e. The van der Waals surface area contributed by atoms with E-state index < -0.39 is 175 Å². The summed E-state index contributed by atoms with van der Waals surface area (Å²) in [5.74, 6) is -14.0. The molecule has 1 aliphatic heterocycles. The molecule has 13 atom stereocenters. The molecule has 31 heteroatoms. The van der Waals surface area contributed by atoms with Gasteiger partial charge in [-0.1, -0.05) is 89.1 Å². The highest BCUT2D eigenvalue weighted by molar-refractivity contribution is 6.00. The number of aliphatic hydroxyl groups is 2. The van der Waals surface area contributed by atoms with Crippen LogP contribution in [0.25, 0.3) is 10.9 Å². The number of guanidine groups is 1. The van der Waals surface area contributed by atoms with E-state index in [1.807, 2.05) is 0 Å². The number of nitrogens with one attached hydrogen (secondary N) is 9. The minimum absolute atomic E-state index is 0.0284. The lowest BCUT2D eigenvalue weighted by atomic mass is 9.96. The average Bonchev–Trinajstić information content (AvgIpc) is 2.67. The first-order valence-corrected chi connectivity index (χ1v) is 29.8. The quantitative estimate of drug-likeness (QED) is 0.0151. The topological polar surface area (TPSA) is 517 Å². The molecule has 0 aliphatic carbocycles. The predicted molar refractivity (Wildman–Crippen MR) is 326 cm³/mol. The molecule has 1 fully saturated rings. The van der Waals surface area contributed by atoms with Crippen molar-refractivity contribution in [2.24, 2.45) is 39.8 Å². The lowest BCUT2D eigenvalue weighted by molar-refractivity contribution is -0.145. The van der Waals surface area contributed by atoms with Crippen molar-refractivity contribution < 1.29 is 78.0 Å². The second-order valence-corrected chi connectivity index (χ2v) is 22.4. The highest BCUT2D eigenvalue weighted by atomic mass is 16.4. The fourth-order valence-corrected chi connectivity index (χ4v) is 9.96. The highest BCUT2D eigenvalue weighted by Crippen LogP contribution is 2.24. The van der Waals surface area contributed by atoms with Gasteiger partial charge in [0.15, 0.2) is 12.0 Å². The summed E-state index contributed by atoms with van der Waals surface area (Å²) >= 11 is 0. The van der Waals surface area contributed by atoms with Crippen molar-refractivity contribution in [2.75, 3.05) is 19.7 Å².